The smallest absolute Gasteiger partial charge is 0.154 e. The first-order valence-corrected chi connectivity index (χ1v) is 5.64. The number of hydrogen-bond donors (Lipinski definition) is 1. The van der Waals surface area contributed by atoms with Crippen LogP contribution in [0.3, 0.4) is 0 Å². The van der Waals surface area contributed by atoms with Crippen molar-refractivity contribution in [3.63, 3.8) is 0 Å². The maximum atomic E-state index is 5.69. The number of hydrogen-bond acceptors (Lipinski definition) is 4. The summed E-state index contributed by atoms with van der Waals surface area (Å²) in [5.41, 5.74) is 8.13. The normalized spacial score (nSPS) is 10.7. The molecule has 0 atom stereocenters. The van der Waals surface area contributed by atoms with Crippen molar-refractivity contribution in [2.45, 2.75) is 6.54 Å². The quantitative estimate of drug-likeness (QED) is 0.760. The predicted octanol–water partition coefficient (Wildman–Crippen LogP) is 1.99. The van der Waals surface area contributed by atoms with Gasteiger partial charge >= 0.3 is 0 Å². The van der Waals surface area contributed by atoms with Gasteiger partial charge in [0, 0.05) is 6.54 Å². The van der Waals surface area contributed by atoms with Gasteiger partial charge in [0.25, 0.3) is 0 Å². The molecule has 2 N–H and O–H groups in total. The lowest BCUT2D eigenvalue weighted by molar-refractivity contribution is 0.576. The fourth-order valence-electron chi connectivity index (χ4n) is 1.86. The molecule has 1 aromatic carbocycles. The van der Waals surface area contributed by atoms with E-state index in [1.807, 2.05) is 42.5 Å². The molecule has 2 aromatic heterocycles. The molecule has 2 heterocycles. The Bertz CT molecular complexity index is 628. The van der Waals surface area contributed by atoms with Crippen molar-refractivity contribution in [2.75, 3.05) is 0 Å². The molecular formula is C13H12N4O. The van der Waals surface area contributed by atoms with Crippen LogP contribution in [0.2, 0.25) is 0 Å². The van der Waals surface area contributed by atoms with Gasteiger partial charge < -0.3 is 10.2 Å². The van der Waals surface area contributed by atoms with Gasteiger partial charge in [-0.05, 0) is 24.3 Å². The van der Waals surface area contributed by atoms with Gasteiger partial charge in [0.1, 0.15) is 11.4 Å². The molecule has 0 aliphatic heterocycles. The van der Waals surface area contributed by atoms with E-state index in [9.17, 15) is 0 Å². The molecule has 90 valence electrons. The molecule has 0 radical (unpaired) electrons. The zero-order valence-electron chi connectivity index (χ0n) is 9.65. The molecule has 0 aliphatic rings. The lowest BCUT2D eigenvalue weighted by Gasteiger charge is -2.04. The number of nitrogens with zero attached hydrogens (tertiary/aromatic N) is 3. The summed E-state index contributed by atoms with van der Waals surface area (Å²) in [5.74, 6) is 0.712. The summed E-state index contributed by atoms with van der Waals surface area (Å²) >= 11 is 0. The number of nitrogens with two attached hydrogens (primary N) is 1. The van der Waals surface area contributed by atoms with Crippen LogP contribution in [0.15, 0.2) is 53.1 Å². The Kier molecular flexibility index (Phi) is 2.66. The second-order valence-electron chi connectivity index (χ2n) is 3.81. The molecule has 0 aliphatic carbocycles. The van der Waals surface area contributed by atoms with Crippen LogP contribution in [0, 0.1) is 0 Å². The molecular weight excluding hydrogens is 228 g/mol. The van der Waals surface area contributed by atoms with E-state index in [2.05, 4.69) is 10.3 Å². The minimum absolute atomic E-state index is 0.322. The van der Waals surface area contributed by atoms with Crippen LogP contribution in [-0.4, -0.2) is 15.0 Å². The highest BCUT2D eigenvalue weighted by atomic mass is 16.3. The van der Waals surface area contributed by atoms with Gasteiger partial charge in [0.2, 0.25) is 0 Å². The number of para-hydroxylation sites is 1. The van der Waals surface area contributed by atoms with Crippen molar-refractivity contribution in [2.24, 2.45) is 5.73 Å². The highest BCUT2D eigenvalue weighted by Crippen LogP contribution is 2.25. The summed E-state index contributed by atoms with van der Waals surface area (Å²) < 4.78 is 7.16. The average molecular weight is 240 g/mol. The summed E-state index contributed by atoms with van der Waals surface area (Å²) in [5, 5.41) is 8.23. The number of rotatable bonds is 3. The van der Waals surface area contributed by atoms with Gasteiger partial charge in [-0.3, -0.25) is 0 Å². The standard InChI is InChI=1S/C13H12N4O/c14-9-11-13(12-7-4-8-18-12)17(16-15-11)10-5-2-1-3-6-10/h1-8H,9,14H2. The van der Waals surface area contributed by atoms with E-state index in [0.29, 0.717) is 18.0 Å². The molecule has 0 unspecified atom stereocenters. The first kappa shape index (κ1) is 10.7. The van der Waals surface area contributed by atoms with Gasteiger partial charge in [-0.15, -0.1) is 5.10 Å². The van der Waals surface area contributed by atoms with Crippen LogP contribution < -0.4 is 5.73 Å². The SMILES string of the molecule is NCc1nnn(-c2ccccc2)c1-c1ccco1. The van der Waals surface area contributed by atoms with E-state index in [0.717, 1.165) is 11.4 Å². The van der Waals surface area contributed by atoms with Crippen LogP contribution >= 0.6 is 0 Å². The zero-order valence-corrected chi connectivity index (χ0v) is 9.65. The minimum atomic E-state index is 0.322. The molecule has 3 aromatic rings. The van der Waals surface area contributed by atoms with E-state index < -0.39 is 0 Å². The van der Waals surface area contributed by atoms with Crippen LogP contribution in [0.25, 0.3) is 17.1 Å². The van der Waals surface area contributed by atoms with E-state index in [1.54, 1.807) is 10.9 Å². The average Bonchev–Trinajstić information content (AvgIpc) is 3.08. The van der Waals surface area contributed by atoms with E-state index in [4.69, 9.17) is 10.2 Å². The Morgan fingerprint density at radius 2 is 1.94 bits per heavy atom. The molecule has 0 bridgehead atoms. The van der Waals surface area contributed by atoms with E-state index >= 15 is 0 Å². The third-order valence-corrected chi connectivity index (χ3v) is 2.69. The molecule has 18 heavy (non-hydrogen) atoms. The minimum Gasteiger partial charge on any atom is -0.463 e. The van der Waals surface area contributed by atoms with Crippen LogP contribution in [-0.2, 0) is 6.54 Å². The third kappa shape index (κ3) is 1.70. The first-order chi connectivity index (χ1) is 8.90. The predicted molar refractivity (Wildman–Crippen MR) is 67.0 cm³/mol. The van der Waals surface area contributed by atoms with E-state index in [1.165, 1.54) is 0 Å². The molecule has 0 saturated heterocycles. The molecule has 5 heteroatoms. The number of furan rings is 1. The topological polar surface area (TPSA) is 69.9 Å². The maximum Gasteiger partial charge on any atom is 0.154 e. The summed E-state index contributed by atoms with van der Waals surface area (Å²) in [7, 11) is 0. The fourth-order valence-corrected chi connectivity index (χ4v) is 1.86. The molecule has 3 rings (SSSR count). The summed E-state index contributed by atoms with van der Waals surface area (Å²) in [6, 6.07) is 13.5. The molecule has 0 fully saturated rings. The van der Waals surface area contributed by atoms with Crippen LogP contribution in [0.1, 0.15) is 5.69 Å². The van der Waals surface area contributed by atoms with E-state index in [-0.39, 0.29) is 0 Å². The lowest BCUT2D eigenvalue weighted by Crippen LogP contribution is -2.01. The Hall–Kier alpha value is -2.40. The van der Waals surface area contributed by atoms with Crippen molar-refractivity contribution < 1.29 is 4.42 Å². The monoisotopic (exact) mass is 240 g/mol. The largest absolute Gasteiger partial charge is 0.463 e. The third-order valence-electron chi connectivity index (χ3n) is 2.69. The molecule has 0 amide bonds. The summed E-state index contributed by atoms with van der Waals surface area (Å²) in [4.78, 5) is 0. The Morgan fingerprint density at radius 1 is 1.11 bits per heavy atom. The maximum absolute atomic E-state index is 5.69. The van der Waals surface area contributed by atoms with Gasteiger partial charge in [-0.2, -0.15) is 0 Å². The summed E-state index contributed by atoms with van der Waals surface area (Å²) in [6.45, 7) is 0.322. The van der Waals surface area contributed by atoms with Crippen molar-refractivity contribution in [1.82, 2.24) is 15.0 Å². The number of benzene rings is 1. The van der Waals surface area contributed by atoms with Gasteiger partial charge in [0.15, 0.2) is 5.76 Å². The van der Waals surface area contributed by atoms with Crippen molar-refractivity contribution in [1.29, 1.82) is 0 Å². The van der Waals surface area contributed by atoms with Crippen molar-refractivity contribution >= 4 is 0 Å². The molecule has 0 saturated carbocycles. The van der Waals surface area contributed by atoms with Crippen LogP contribution in [0.5, 0.6) is 0 Å². The molecule has 5 nitrogen and oxygen atoms in total. The van der Waals surface area contributed by atoms with Crippen molar-refractivity contribution in [3.05, 3.63) is 54.4 Å². The Balaban J connectivity index is 2.20. The Labute approximate surface area is 104 Å². The van der Waals surface area contributed by atoms with Crippen LogP contribution in [0.4, 0.5) is 0 Å². The number of aromatic nitrogens is 3. The second kappa shape index (κ2) is 4.46. The van der Waals surface area contributed by atoms with Gasteiger partial charge in [-0.25, -0.2) is 4.68 Å². The molecule has 0 spiro atoms. The Morgan fingerprint density at radius 3 is 2.61 bits per heavy atom. The highest BCUT2D eigenvalue weighted by Gasteiger charge is 2.16. The first-order valence-electron chi connectivity index (χ1n) is 5.64. The fraction of sp³-hybridized carbons (Fsp3) is 0.0769. The lowest BCUT2D eigenvalue weighted by atomic mass is 10.2. The van der Waals surface area contributed by atoms with Gasteiger partial charge in [0.05, 0.1) is 12.0 Å². The van der Waals surface area contributed by atoms with Gasteiger partial charge in [-0.1, -0.05) is 23.4 Å². The highest BCUT2D eigenvalue weighted by molar-refractivity contribution is 5.58. The zero-order chi connectivity index (χ0) is 12.4. The van der Waals surface area contributed by atoms with Crippen molar-refractivity contribution in [3.8, 4) is 17.1 Å². The summed E-state index contributed by atoms with van der Waals surface area (Å²) in [6.07, 6.45) is 1.62. The second-order valence-corrected chi connectivity index (χ2v) is 3.81.